The number of rotatable bonds is 9. The van der Waals surface area contributed by atoms with Crippen LogP contribution in [0.2, 0.25) is 0 Å². The summed E-state index contributed by atoms with van der Waals surface area (Å²) >= 11 is 0. The van der Waals surface area contributed by atoms with Crippen LogP contribution in [-0.4, -0.2) is 55.0 Å². The highest BCUT2D eigenvalue weighted by atomic mass is 16.4. The van der Waals surface area contributed by atoms with Gasteiger partial charge in [-0.05, 0) is 12.2 Å². The van der Waals surface area contributed by atoms with Crippen molar-refractivity contribution in [3.63, 3.8) is 0 Å². The van der Waals surface area contributed by atoms with E-state index >= 15 is 0 Å². The summed E-state index contributed by atoms with van der Waals surface area (Å²) in [7, 11) is 2.13. The van der Waals surface area contributed by atoms with Crippen molar-refractivity contribution in [2.75, 3.05) is 33.2 Å². The molecule has 17 heavy (non-hydrogen) atoms. The quantitative estimate of drug-likeness (QED) is 0.156. The predicted octanol–water partition coefficient (Wildman–Crippen LogP) is 0.771. The van der Waals surface area contributed by atoms with Gasteiger partial charge >= 0.3 is 0 Å². The third kappa shape index (κ3) is 7.30. The largest absolute Gasteiger partial charge is 0.411 e. The number of nitrogens with zero attached hydrogens (tertiary/aromatic N) is 2. The normalized spacial score (nSPS) is 11.4. The molecule has 0 atom stereocenters. The molecule has 96 valence electrons. The lowest BCUT2D eigenvalue weighted by molar-refractivity contribution is -0.898. The Morgan fingerprint density at radius 1 is 1.41 bits per heavy atom. The number of hydrogen-bond donors (Lipinski definition) is 2. The maximum absolute atomic E-state index is 11.0. The van der Waals surface area contributed by atoms with Gasteiger partial charge in [0.05, 0.1) is 26.7 Å². The van der Waals surface area contributed by atoms with E-state index in [-0.39, 0.29) is 5.91 Å². The van der Waals surface area contributed by atoms with Gasteiger partial charge in [0.25, 0.3) is 5.91 Å². The van der Waals surface area contributed by atoms with Crippen LogP contribution in [0.5, 0.6) is 0 Å². The first-order valence-electron chi connectivity index (χ1n) is 5.58. The number of carbonyl (C=O) groups excluding carboxylic acids is 1. The first-order chi connectivity index (χ1) is 8.08. The van der Waals surface area contributed by atoms with Crippen LogP contribution in [0.1, 0.15) is 6.42 Å². The number of nitrogens with one attached hydrogen (secondary N) is 1. The Morgan fingerprint density at radius 3 is 2.47 bits per heavy atom. The van der Waals surface area contributed by atoms with E-state index < -0.39 is 0 Å². The first kappa shape index (κ1) is 15.4. The highest BCUT2D eigenvalue weighted by Crippen LogP contribution is 2.04. The predicted molar refractivity (Wildman–Crippen MR) is 69.1 cm³/mol. The minimum atomic E-state index is -0.380. The molecule has 0 aromatic carbocycles. The number of likely N-dealkylation sites (N-methyl/N-ethyl adjacent to an activating group) is 1. The molecule has 0 aromatic rings. The van der Waals surface area contributed by atoms with Crippen LogP contribution in [0.3, 0.4) is 0 Å². The maximum atomic E-state index is 11.0. The number of amides is 1. The summed E-state index contributed by atoms with van der Waals surface area (Å²) in [5.74, 6) is -0.380. The van der Waals surface area contributed by atoms with Gasteiger partial charge in [0.15, 0.2) is 0 Å². The Morgan fingerprint density at radius 2 is 2.00 bits per heavy atom. The van der Waals surface area contributed by atoms with Gasteiger partial charge in [-0.25, -0.2) is 0 Å². The molecule has 1 amide bonds. The molecule has 0 saturated heterocycles. The lowest BCUT2D eigenvalue weighted by Crippen LogP contribution is -2.45. The smallest absolute Gasteiger partial charge is 0.265 e. The molecule has 0 aliphatic heterocycles. The topological polar surface area (TPSA) is 61.7 Å². The molecule has 5 nitrogen and oxygen atoms in total. The minimum Gasteiger partial charge on any atom is -0.411 e. The van der Waals surface area contributed by atoms with Crippen molar-refractivity contribution in [3.8, 4) is 0 Å². The molecule has 0 saturated carbocycles. The fourth-order valence-electron chi connectivity index (χ4n) is 1.65. The molecule has 0 aliphatic rings. The average molecular weight is 240 g/mol. The molecular weight excluding hydrogens is 218 g/mol. The van der Waals surface area contributed by atoms with Gasteiger partial charge in [0.2, 0.25) is 0 Å². The molecule has 0 fully saturated rings. The third-order valence-electron chi connectivity index (χ3n) is 2.49. The number of oxime groups is 1. The third-order valence-corrected chi connectivity index (χ3v) is 2.49. The molecule has 0 unspecified atom stereocenters. The Bertz CT molecular complexity index is 277. The summed E-state index contributed by atoms with van der Waals surface area (Å²) < 4.78 is 0.830. The van der Waals surface area contributed by atoms with Gasteiger partial charge in [0, 0.05) is 13.0 Å². The van der Waals surface area contributed by atoms with E-state index in [1.165, 1.54) is 0 Å². The van der Waals surface area contributed by atoms with Gasteiger partial charge in [-0.3, -0.25) is 4.79 Å². The van der Waals surface area contributed by atoms with Crippen LogP contribution in [0.25, 0.3) is 0 Å². The van der Waals surface area contributed by atoms with Gasteiger partial charge < -0.3 is 15.0 Å². The molecule has 5 heteroatoms. The van der Waals surface area contributed by atoms with E-state index in [4.69, 9.17) is 5.21 Å². The van der Waals surface area contributed by atoms with E-state index in [1.54, 1.807) is 0 Å². The molecular formula is C12H22N3O2+. The zero-order valence-corrected chi connectivity index (χ0v) is 10.4. The number of carbonyl (C=O) groups is 1. The van der Waals surface area contributed by atoms with E-state index in [0.29, 0.717) is 6.54 Å². The summed E-state index contributed by atoms with van der Waals surface area (Å²) in [6.45, 7) is 10.7. The zero-order chi connectivity index (χ0) is 13.1. The number of hydrogen-bond acceptors (Lipinski definition) is 3. The Kier molecular flexibility index (Phi) is 7.71. The van der Waals surface area contributed by atoms with Crippen LogP contribution in [0.15, 0.2) is 30.5 Å². The van der Waals surface area contributed by atoms with Crippen LogP contribution < -0.4 is 5.32 Å². The summed E-state index contributed by atoms with van der Waals surface area (Å²) in [6.07, 6.45) is 5.48. The van der Waals surface area contributed by atoms with Crippen molar-refractivity contribution >= 4 is 12.1 Å². The van der Waals surface area contributed by atoms with Gasteiger partial charge in [-0.2, -0.15) is 0 Å². The summed E-state index contributed by atoms with van der Waals surface area (Å²) in [5.41, 5.74) is 0. The molecule has 0 bridgehead atoms. The molecule has 0 aliphatic carbocycles. The highest BCUT2D eigenvalue weighted by molar-refractivity contribution is 6.25. The Hall–Kier alpha value is -1.62. The lowest BCUT2D eigenvalue weighted by atomic mass is 10.3. The SMILES string of the molecule is C=CC[N+](C)(CC=C)CCCNC(=O)/C=N/O. The molecule has 2 N–H and O–H groups in total. The summed E-state index contributed by atoms with van der Waals surface area (Å²) in [4.78, 5) is 11.0. The van der Waals surface area contributed by atoms with Gasteiger partial charge in [-0.15, -0.1) is 0 Å². The fourth-order valence-corrected chi connectivity index (χ4v) is 1.65. The first-order valence-corrected chi connectivity index (χ1v) is 5.58. The molecule has 0 radical (unpaired) electrons. The Labute approximate surface area is 103 Å². The van der Waals surface area contributed by atoms with Crippen molar-refractivity contribution in [1.29, 1.82) is 0 Å². The van der Waals surface area contributed by atoms with E-state index in [2.05, 4.69) is 30.7 Å². The Balaban J connectivity index is 3.93. The van der Waals surface area contributed by atoms with E-state index in [9.17, 15) is 4.79 Å². The molecule has 0 rings (SSSR count). The van der Waals surface area contributed by atoms with Gasteiger partial charge in [0.1, 0.15) is 6.21 Å². The van der Waals surface area contributed by atoms with Crippen LogP contribution in [-0.2, 0) is 4.79 Å². The summed E-state index contributed by atoms with van der Waals surface area (Å²) in [5, 5.41) is 13.4. The van der Waals surface area contributed by atoms with Crippen molar-refractivity contribution in [3.05, 3.63) is 25.3 Å². The second-order valence-electron chi connectivity index (χ2n) is 4.17. The second kappa shape index (κ2) is 8.52. The number of quaternary nitrogens is 1. The van der Waals surface area contributed by atoms with Crippen LogP contribution >= 0.6 is 0 Å². The lowest BCUT2D eigenvalue weighted by Gasteiger charge is -2.32. The minimum absolute atomic E-state index is 0.380. The standard InChI is InChI=1S/C12H21N3O2/c1-4-8-15(3,9-5-2)10-6-7-13-12(16)11-14-17/h4-5,11H,1-2,6-10H2,3H3,(H-,13,16,17)/p+1. The van der Waals surface area contributed by atoms with E-state index in [0.717, 1.165) is 36.8 Å². The summed E-state index contributed by atoms with van der Waals surface area (Å²) in [6, 6.07) is 0. The maximum Gasteiger partial charge on any atom is 0.265 e. The fraction of sp³-hybridized carbons (Fsp3) is 0.500. The van der Waals surface area contributed by atoms with Crippen molar-refractivity contribution in [2.24, 2.45) is 5.16 Å². The zero-order valence-electron chi connectivity index (χ0n) is 10.4. The van der Waals surface area contributed by atoms with E-state index in [1.807, 2.05) is 12.2 Å². The second-order valence-corrected chi connectivity index (χ2v) is 4.17. The highest BCUT2D eigenvalue weighted by Gasteiger charge is 2.17. The molecule has 0 spiro atoms. The average Bonchev–Trinajstić information content (AvgIpc) is 2.26. The molecule has 0 heterocycles. The van der Waals surface area contributed by atoms with Crippen LogP contribution in [0.4, 0.5) is 0 Å². The van der Waals surface area contributed by atoms with Crippen molar-refractivity contribution < 1.29 is 14.5 Å². The van der Waals surface area contributed by atoms with Gasteiger partial charge in [-0.1, -0.05) is 18.3 Å². The van der Waals surface area contributed by atoms with Crippen molar-refractivity contribution in [2.45, 2.75) is 6.42 Å². The van der Waals surface area contributed by atoms with Crippen LogP contribution in [0, 0.1) is 0 Å². The monoisotopic (exact) mass is 240 g/mol. The van der Waals surface area contributed by atoms with Crippen molar-refractivity contribution in [1.82, 2.24) is 5.32 Å². The molecule has 0 aromatic heterocycles.